The number of hydrogen-bond acceptors (Lipinski definition) is 4. The molecule has 4 nitrogen and oxygen atoms in total. The van der Waals surface area contributed by atoms with Gasteiger partial charge in [0.15, 0.2) is 0 Å². The fourth-order valence-corrected chi connectivity index (χ4v) is 4.12. The summed E-state index contributed by atoms with van der Waals surface area (Å²) in [6, 6.07) is 13.9. The number of carboxylic acids is 1. The van der Waals surface area contributed by atoms with Gasteiger partial charge in [-0.3, -0.25) is 9.59 Å². The highest BCUT2D eigenvalue weighted by Crippen LogP contribution is 2.32. The number of nitrogens with zero attached hydrogens (tertiary/aromatic N) is 1. The number of carbonyl (C=O) groups is 2. The molecule has 0 radical (unpaired) electrons. The normalized spacial score (nSPS) is 11.9. The van der Waals surface area contributed by atoms with E-state index in [1.54, 1.807) is 47.8 Å². The monoisotopic (exact) mass is 419 g/mol. The average Bonchev–Trinajstić information content (AvgIpc) is 3.08. The van der Waals surface area contributed by atoms with Crippen LogP contribution in [0.15, 0.2) is 53.9 Å². The third kappa shape index (κ3) is 4.95. The number of carbonyl (C=O) groups excluding carboxylic acids is 1. The molecule has 0 aliphatic carbocycles. The van der Waals surface area contributed by atoms with Gasteiger partial charge in [-0.25, -0.2) is 4.98 Å². The van der Waals surface area contributed by atoms with Crippen LogP contribution in [0.1, 0.15) is 23.6 Å². The summed E-state index contributed by atoms with van der Waals surface area (Å²) in [6.45, 7) is 0. The van der Waals surface area contributed by atoms with Gasteiger partial charge in [-0.1, -0.05) is 53.5 Å². The Kier molecular flexibility index (Phi) is 6.26. The summed E-state index contributed by atoms with van der Waals surface area (Å²) >= 11 is 13.5. The number of carboxylic acid groups (broad SMARTS) is 1. The molecule has 0 unspecified atom stereocenters. The van der Waals surface area contributed by atoms with E-state index in [1.807, 2.05) is 6.07 Å². The fourth-order valence-electron chi connectivity index (χ4n) is 2.71. The molecule has 1 aromatic heterocycles. The van der Waals surface area contributed by atoms with Crippen LogP contribution in [0.25, 0.3) is 10.6 Å². The number of halogens is 2. The highest BCUT2D eigenvalue weighted by atomic mass is 35.5. The van der Waals surface area contributed by atoms with Crippen molar-refractivity contribution in [3.8, 4) is 10.6 Å². The maximum absolute atomic E-state index is 12.4. The molecule has 0 saturated heterocycles. The standard InChI is InChI=1S/C20H15Cl2NO3S/c21-13-6-7-16(18(22)8-13)19-23-14(11-27-19)9-15(24)10-17(20(25)26)12-4-2-1-3-5-12/h1-8,11,17H,9-10H2,(H,25,26)/t17-/m0/s1. The van der Waals surface area contributed by atoms with Gasteiger partial charge in [0.2, 0.25) is 0 Å². The van der Waals surface area contributed by atoms with Crippen LogP contribution < -0.4 is 0 Å². The largest absolute Gasteiger partial charge is 0.481 e. The van der Waals surface area contributed by atoms with Gasteiger partial charge < -0.3 is 5.11 Å². The molecule has 1 atom stereocenters. The molecule has 138 valence electrons. The van der Waals surface area contributed by atoms with E-state index in [1.165, 1.54) is 11.3 Å². The molecular weight excluding hydrogens is 405 g/mol. The summed E-state index contributed by atoms with van der Waals surface area (Å²) in [7, 11) is 0. The average molecular weight is 420 g/mol. The summed E-state index contributed by atoms with van der Waals surface area (Å²) in [4.78, 5) is 28.4. The van der Waals surface area contributed by atoms with Gasteiger partial charge in [0.25, 0.3) is 0 Å². The Morgan fingerprint density at radius 1 is 1.11 bits per heavy atom. The SMILES string of the molecule is O=C(Cc1csc(-c2ccc(Cl)cc2Cl)n1)C[C@H](C(=O)O)c1ccccc1. The van der Waals surface area contributed by atoms with Crippen molar-refractivity contribution >= 4 is 46.3 Å². The van der Waals surface area contributed by atoms with E-state index in [0.717, 1.165) is 5.56 Å². The number of rotatable bonds is 7. The summed E-state index contributed by atoms with van der Waals surface area (Å²) in [5.74, 6) is -2.05. The third-order valence-electron chi connectivity index (χ3n) is 4.02. The van der Waals surface area contributed by atoms with Crippen LogP contribution in [0.4, 0.5) is 0 Å². The fraction of sp³-hybridized carbons (Fsp3) is 0.150. The van der Waals surface area contributed by atoms with E-state index < -0.39 is 11.9 Å². The molecule has 0 fully saturated rings. The lowest BCUT2D eigenvalue weighted by Gasteiger charge is -2.11. The van der Waals surface area contributed by atoms with Gasteiger partial charge in [0.05, 0.1) is 16.6 Å². The van der Waals surface area contributed by atoms with Crippen LogP contribution in [-0.4, -0.2) is 21.8 Å². The first-order chi connectivity index (χ1) is 12.9. The van der Waals surface area contributed by atoms with Crippen LogP contribution in [0.2, 0.25) is 10.0 Å². The Balaban J connectivity index is 1.71. The maximum Gasteiger partial charge on any atom is 0.311 e. The zero-order valence-corrected chi connectivity index (χ0v) is 16.4. The quantitative estimate of drug-likeness (QED) is 0.549. The number of aromatic nitrogens is 1. The van der Waals surface area contributed by atoms with Gasteiger partial charge in [-0.2, -0.15) is 0 Å². The zero-order valence-electron chi connectivity index (χ0n) is 14.1. The lowest BCUT2D eigenvalue weighted by atomic mass is 9.93. The molecule has 2 aromatic carbocycles. The van der Waals surface area contributed by atoms with E-state index in [2.05, 4.69) is 4.98 Å². The highest BCUT2D eigenvalue weighted by molar-refractivity contribution is 7.13. The molecule has 0 bridgehead atoms. The number of thiazole rings is 1. The summed E-state index contributed by atoms with van der Waals surface area (Å²) in [6.07, 6.45) is 0.00618. The Bertz CT molecular complexity index is 972. The van der Waals surface area contributed by atoms with Gasteiger partial charge >= 0.3 is 5.97 Å². The van der Waals surface area contributed by atoms with Crippen LogP contribution in [-0.2, 0) is 16.0 Å². The molecule has 0 amide bonds. The first kappa shape index (κ1) is 19.5. The predicted molar refractivity (Wildman–Crippen MR) is 108 cm³/mol. The molecule has 3 rings (SSSR count). The van der Waals surface area contributed by atoms with Crippen LogP contribution in [0.3, 0.4) is 0 Å². The topological polar surface area (TPSA) is 67.3 Å². The number of hydrogen-bond donors (Lipinski definition) is 1. The van der Waals surface area contributed by atoms with Crippen molar-refractivity contribution in [2.45, 2.75) is 18.8 Å². The number of ketones is 1. The minimum absolute atomic E-state index is 0.0755. The minimum atomic E-state index is -1.01. The van der Waals surface area contributed by atoms with Crippen LogP contribution in [0.5, 0.6) is 0 Å². The van der Waals surface area contributed by atoms with Crippen molar-refractivity contribution in [1.82, 2.24) is 4.98 Å². The maximum atomic E-state index is 12.4. The van der Waals surface area contributed by atoms with Crippen molar-refractivity contribution in [2.75, 3.05) is 0 Å². The van der Waals surface area contributed by atoms with E-state index in [-0.39, 0.29) is 18.6 Å². The first-order valence-electron chi connectivity index (χ1n) is 8.13. The van der Waals surface area contributed by atoms with Crippen LogP contribution in [0, 0.1) is 0 Å². The van der Waals surface area contributed by atoms with E-state index in [0.29, 0.717) is 26.3 Å². The van der Waals surface area contributed by atoms with Gasteiger partial charge in [-0.15, -0.1) is 11.3 Å². The number of Topliss-reactive ketones (excluding diaryl/α,β-unsaturated/α-hetero) is 1. The smallest absolute Gasteiger partial charge is 0.311 e. The molecule has 3 aromatic rings. The van der Waals surface area contributed by atoms with Gasteiger partial charge in [-0.05, 0) is 23.8 Å². The minimum Gasteiger partial charge on any atom is -0.481 e. The van der Waals surface area contributed by atoms with Crippen molar-refractivity contribution in [2.24, 2.45) is 0 Å². The lowest BCUT2D eigenvalue weighted by Crippen LogP contribution is -2.17. The lowest BCUT2D eigenvalue weighted by molar-refractivity contribution is -0.140. The zero-order chi connectivity index (χ0) is 19.4. The van der Waals surface area contributed by atoms with E-state index in [4.69, 9.17) is 23.2 Å². The summed E-state index contributed by atoms with van der Waals surface area (Å²) in [5.41, 5.74) is 1.96. The van der Waals surface area contributed by atoms with Crippen molar-refractivity contribution < 1.29 is 14.7 Å². The van der Waals surface area contributed by atoms with Crippen molar-refractivity contribution in [3.63, 3.8) is 0 Å². The predicted octanol–water partition coefficient (Wildman–Crippen LogP) is 5.49. The molecule has 0 aliphatic heterocycles. The number of aliphatic carboxylic acids is 1. The molecule has 27 heavy (non-hydrogen) atoms. The summed E-state index contributed by atoms with van der Waals surface area (Å²) < 4.78 is 0. The van der Waals surface area contributed by atoms with E-state index >= 15 is 0 Å². The second-order valence-corrected chi connectivity index (χ2v) is 7.69. The molecule has 0 spiro atoms. The molecule has 0 saturated carbocycles. The Hall–Kier alpha value is -2.21. The second-order valence-electron chi connectivity index (χ2n) is 5.99. The van der Waals surface area contributed by atoms with Gasteiger partial charge in [0, 0.05) is 28.8 Å². The molecular formula is C20H15Cl2NO3S. The Labute approximate surface area is 170 Å². The van der Waals surface area contributed by atoms with E-state index in [9.17, 15) is 14.7 Å². The third-order valence-corrected chi connectivity index (χ3v) is 5.50. The molecule has 1 heterocycles. The molecule has 7 heteroatoms. The molecule has 0 aliphatic rings. The summed E-state index contributed by atoms with van der Waals surface area (Å²) in [5, 5.41) is 13.0. The van der Waals surface area contributed by atoms with Crippen LogP contribution >= 0.6 is 34.5 Å². The van der Waals surface area contributed by atoms with Crippen molar-refractivity contribution in [3.05, 3.63) is 75.2 Å². The Morgan fingerprint density at radius 3 is 2.52 bits per heavy atom. The highest BCUT2D eigenvalue weighted by Gasteiger charge is 2.23. The van der Waals surface area contributed by atoms with Crippen molar-refractivity contribution in [1.29, 1.82) is 0 Å². The van der Waals surface area contributed by atoms with Gasteiger partial charge in [0.1, 0.15) is 10.8 Å². The second kappa shape index (κ2) is 8.65. The number of benzene rings is 2. The Morgan fingerprint density at radius 2 is 1.85 bits per heavy atom. The first-order valence-corrected chi connectivity index (χ1v) is 9.77. The molecule has 1 N–H and O–H groups in total.